The molecule has 1 unspecified atom stereocenters. The van der Waals surface area contributed by atoms with Gasteiger partial charge in [0.05, 0.1) is 11.0 Å². The third-order valence-electron chi connectivity index (χ3n) is 4.27. The van der Waals surface area contributed by atoms with Crippen molar-refractivity contribution in [1.82, 2.24) is 0 Å². The molecule has 0 bridgehead atoms. The van der Waals surface area contributed by atoms with Gasteiger partial charge in [0, 0.05) is 12.6 Å². The van der Waals surface area contributed by atoms with Crippen molar-refractivity contribution in [3.8, 4) is 0 Å². The normalized spacial score (nSPS) is 26.4. The zero-order valence-corrected chi connectivity index (χ0v) is 12.1. The number of rotatable bonds is 3. The van der Waals surface area contributed by atoms with Crippen LogP contribution < -0.4 is 5.30 Å². The van der Waals surface area contributed by atoms with Crippen LogP contribution in [0.2, 0.25) is 0 Å². The summed E-state index contributed by atoms with van der Waals surface area (Å²) in [7, 11) is 5.44. The predicted octanol–water partition coefficient (Wildman–Crippen LogP) is 3.82. The van der Waals surface area contributed by atoms with Crippen LogP contribution in [0.4, 0.5) is 0 Å². The Bertz CT molecular complexity index is 525. The Labute approximate surface area is 118 Å². The maximum atomic E-state index is 6.88. The van der Waals surface area contributed by atoms with Crippen molar-refractivity contribution in [3.05, 3.63) is 66.2 Å². The van der Waals surface area contributed by atoms with E-state index < -0.39 is 7.14 Å². The van der Waals surface area contributed by atoms with E-state index in [1.54, 1.807) is 0 Å². The molecule has 1 aliphatic heterocycles. The zero-order chi connectivity index (χ0) is 13.1. The van der Waals surface area contributed by atoms with Crippen LogP contribution in [0.15, 0.2) is 60.7 Å². The first-order valence-corrected chi connectivity index (χ1v) is 9.16. The van der Waals surface area contributed by atoms with Crippen LogP contribution in [0.5, 0.6) is 0 Å². The van der Waals surface area contributed by atoms with Gasteiger partial charge in [-0.1, -0.05) is 48.5 Å². The molecule has 0 nitrogen and oxygen atoms in total. The van der Waals surface area contributed by atoms with Crippen molar-refractivity contribution >= 4 is 20.0 Å². The third kappa shape index (κ3) is 2.62. The monoisotopic (exact) mass is 265 g/mol. The molecule has 0 aliphatic carbocycles. The zero-order valence-electron chi connectivity index (χ0n) is 11.2. The molecule has 0 aromatic heterocycles. The molecule has 2 aromatic rings. The highest BCUT2D eigenvalue weighted by Gasteiger charge is 2.46. The molecule has 94 valence electrons. The van der Waals surface area contributed by atoms with E-state index in [9.17, 15) is 0 Å². The van der Waals surface area contributed by atoms with E-state index in [1.165, 1.54) is 29.9 Å². The Balaban J connectivity index is 1.85. The van der Waals surface area contributed by atoms with Gasteiger partial charge in [-0.25, -0.2) is 0 Å². The SMILES string of the molecule is [B][P+]1(c2ccccc2)CCC[C@@H]1Cc1ccccc1. The van der Waals surface area contributed by atoms with Crippen molar-refractivity contribution in [2.24, 2.45) is 0 Å². The predicted molar refractivity (Wildman–Crippen MR) is 86.8 cm³/mol. The fourth-order valence-corrected chi connectivity index (χ4v) is 6.86. The molecule has 1 fully saturated rings. The first-order valence-electron chi connectivity index (χ1n) is 7.05. The van der Waals surface area contributed by atoms with Crippen molar-refractivity contribution in [1.29, 1.82) is 0 Å². The minimum Gasteiger partial charge on any atom is -0.0622 e. The van der Waals surface area contributed by atoms with E-state index in [4.69, 9.17) is 7.57 Å². The van der Waals surface area contributed by atoms with Gasteiger partial charge in [0.25, 0.3) is 0 Å². The summed E-state index contributed by atoms with van der Waals surface area (Å²) in [5.74, 6) is 0. The highest BCUT2D eigenvalue weighted by molar-refractivity contribution is 8.03. The molecule has 3 rings (SSSR count). The molecule has 2 radical (unpaired) electrons. The molecule has 0 amide bonds. The molecule has 1 saturated heterocycles. The first kappa shape index (κ1) is 12.9. The van der Waals surface area contributed by atoms with E-state index >= 15 is 0 Å². The molecule has 0 spiro atoms. The molecular formula is C17H19BP+. The molecular weight excluding hydrogens is 246 g/mol. The van der Waals surface area contributed by atoms with Gasteiger partial charge in [-0.2, -0.15) is 0 Å². The molecule has 2 heteroatoms. The fraction of sp³-hybridized carbons (Fsp3) is 0.294. The Hall–Kier alpha value is -1.07. The molecule has 0 N–H and O–H groups in total. The maximum Gasteiger partial charge on any atom is 0.371 e. The van der Waals surface area contributed by atoms with Crippen molar-refractivity contribution < 1.29 is 0 Å². The summed E-state index contributed by atoms with van der Waals surface area (Å²) in [5.41, 5.74) is 2.09. The van der Waals surface area contributed by atoms with E-state index in [1.807, 2.05) is 0 Å². The summed E-state index contributed by atoms with van der Waals surface area (Å²) in [6, 6.07) is 21.6. The highest BCUT2D eigenvalue weighted by atomic mass is 31.2. The lowest BCUT2D eigenvalue weighted by Gasteiger charge is -2.25. The molecule has 1 aliphatic rings. The number of hydrogen-bond acceptors (Lipinski definition) is 0. The van der Waals surface area contributed by atoms with Gasteiger partial charge in [0.2, 0.25) is 0 Å². The van der Waals surface area contributed by atoms with Gasteiger partial charge in [-0.3, -0.25) is 0 Å². The van der Waals surface area contributed by atoms with Crippen molar-refractivity contribution in [2.75, 3.05) is 6.16 Å². The van der Waals surface area contributed by atoms with Gasteiger partial charge in [-0.15, -0.1) is 0 Å². The average Bonchev–Trinajstić information content (AvgIpc) is 2.84. The number of benzene rings is 2. The van der Waals surface area contributed by atoms with Crippen LogP contribution >= 0.6 is 7.14 Å². The molecule has 2 aromatic carbocycles. The van der Waals surface area contributed by atoms with Gasteiger partial charge in [0.1, 0.15) is 0 Å². The highest BCUT2D eigenvalue weighted by Crippen LogP contribution is 2.64. The minimum absolute atomic E-state index is 0.664. The van der Waals surface area contributed by atoms with Crippen LogP contribution in [-0.2, 0) is 6.42 Å². The van der Waals surface area contributed by atoms with Crippen LogP contribution in [-0.4, -0.2) is 19.4 Å². The quantitative estimate of drug-likeness (QED) is 0.584. The first-order chi connectivity index (χ1) is 9.29. The Morgan fingerprint density at radius 2 is 1.58 bits per heavy atom. The van der Waals surface area contributed by atoms with Crippen molar-refractivity contribution in [2.45, 2.75) is 24.9 Å². The number of hydrogen-bond donors (Lipinski definition) is 0. The standard InChI is InChI=1S/C17H19BP/c18-19(16-10-5-2-6-11-16)13-7-12-17(19)14-15-8-3-1-4-9-15/h1-6,8-11,17H,7,12-14H2/q+1/t17-,19?/m1/s1. The lowest BCUT2D eigenvalue weighted by molar-refractivity contribution is 0.773. The van der Waals surface area contributed by atoms with E-state index in [0.717, 1.165) is 6.42 Å². The largest absolute Gasteiger partial charge is 0.371 e. The molecule has 19 heavy (non-hydrogen) atoms. The van der Waals surface area contributed by atoms with Crippen LogP contribution in [0, 0.1) is 0 Å². The summed E-state index contributed by atoms with van der Waals surface area (Å²) >= 11 is 0. The van der Waals surface area contributed by atoms with E-state index in [0.29, 0.717) is 5.66 Å². The van der Waals surface area contributed by atoms with Gasteiger partial charge >= 0.3 is 7.57 Å². The second-order valence-electron chi connectivity index (χ2n) is 5.48. The van der Waals surface area contributed by atoms with Gasteiger partial charge in [-0.05, 0) is 37.7 Å². The van der Waals surface area contributed by atoms with Crippen LogP contribution in [0.3, 0.4) is 0 Å². The smallest absolute Gasteiger partial charge is 0.0622 e. The fourth-order valence-electron chi connectivity index (χ4n) is 3.20. The second kappa shape index (κ2) is 5.51. The lowest BCUT2D eigenvalue weighted by Crippen LogP contribution is -2.22. The van der Waals surface area contributed by atoms with Gasteiger partial charge in [0.15, 0.2) is 0 Å². The molecule has 0 saturated carbocycles. The molecule has 1 heterocycles. The summed E-state index contributed by atoms with van der Waals surface area (Å²) in [4.78, 5) is 0. The summed E-state index contributed by atoms with van der Waals surface area (Å²) < 4.78 is 0. The average molecular weight is 265 g/mol. The maximum absolute atomic E-state index is 6.88. The summed E-state index contributed by atoms with van der Waals surface area (Å²) in [6.45, 7) is 0. The summed E-state index contributed by atoms with van der Waals surface area (Å²) in [5, 5.41) is 1.41. The van der Waals surface area contributed by atoms with Crippen molar-refractivity contribution in [3.63, 3.8) is 0 Å². The Morgan fingerprint density at radius 3 is 2.26 bits per heavy atom. The second-order valence-corrected chi connectivity index (χ2v) is 9.03. The topological polar surface area (TPSA) is 0 Å². The van der Waals surface area contributed by atoms with Gasteiger partial charge < -0.3 is 0 Å². The molecule has 2 atom stereocenters. The summed E-state index contributed by atoms with van der Waals surface area (Å²) in [6.07, 6.45) is 4.93. The van der Waals surface area contributed by atoms with E-state index in [2.05, 4.69) is 60.7 Å². The van der Waals surface area contributed by atoms with E-state index in [-0.39, 0.29) is 0 Å². The lowest BCUT2D eigenvalue weighted by atomic mass is 10.1. The van der Waals surface area contributed by atoms with Crippen LogP contribution in [0.25, 0.3) is 0 Å². The third-order valence-corrected chi connectivity index (χ3v) is 8.33. The van der Waals surface area contributed by atoms with Crippen LogP contribution in [0.1, 0.15) is 18.4 Å². The minimum atomic E-state index is -1.45. The Morgan fingerprint density at radius 1 is 0.947 bits per heavy atom. The Kier molecular flexibility index (Phi) is 3.75.